The Labute approximate surface area is 141 Å². The topological polar surface area (TPSA) is 64.0 Å². The second-order valence-electron chi connectivity index (χ2n) is 5.52. The van der Waals surface area contributed by atoms with E-state index in [2.05, 4.69) is 10.3 Å². The first-order valence-corrected chi connectivity index (χ1v) is 7.73. The Bertz CT molecular complexity index is 1000. The van der Waals surface area contributed by atoms with Crippen molar-refractivity contribution in [1.29, 1.82) is 0 Å². The van der Waals surface area contributed by atoms with Crippen molar-refractivity contribution in [2.24, 2.45) is 0 Å². The van der Waals surface area contributed by atoms with Gasteiger partial charge in [0.2, 0.25) is 5.91 Å². The minimum absolute atomic E-state index is 0.115. The Morgan fingerprint density at radius 3 is 2.68 bits per heavy atom. The average molecular weight is 343 g/mol. The van der Waals surface area contributed by atoms with Crippen LogP contribution in [0.25, 0.3) is 10.9 Å². The summed E-state index contributed by atoms with van der Waals surface area (Å²) < 4.78 is 27.5. The highest BCUT2D eigenvalue weighted by Crippen LogP contribution is 2.17. The predicted molar refractivity (Wildman–Crippen MR) is 90.3 cm³/mol. The summed E-state index contributed by atoms with van der Waals surface area (Å²) in [7, 11) is 0. The van der Waals surface area contributed by atoms with Gasteiger partial charge in [-0.1, -0.05) is 19.1 Å². The Morgan fingerprint density at radius 1 is 1.20 bits per heavy atom. The van der Waals surface area contributed by atoms with Crippen molar-refractivity contribution in [1.82, 2.24) is 9.55 Å². The molecule has 1 atom stereocenters. The number of halogens is 2. The molecule has 1 aromatic heterocycles. The van der Waals surface area contributed by atoms with Gasteiger partial charge in [-0.2, -0.15) is 0 Å². The van der Waals surface area contributed by atoms with Crippen LogP contribution in [0.4, 0.5) is 14.5 Å². The molecule has 2 aromatic carbocycles. The summed E-state index contributed by atoms with van der Waals surface area (Å²) >= 11 is 0. The van der Waals surface area contributed by atoms with Crippen LogP contribution in [0.15, 0.2) is 53.6 Å². The number of carbonyl (C=O) groups excluding carboxylic acids is 1. The Morgan fingerprint density at radius 2 is 1.96 bits per heavy atom. The SMILES string of the molecule is CCC(C(=O)Nc1ccc(F)c(F)c1)n1cnc2ccccc2c1=O. The molecule has 0 saturated carbocycles. The number of benzene rings is 2. The van der Waals surface area contributed by atoms with E-state index < -0.39 is 23.6 Å². The maximum absolute atomic E-state index is 13.3. The molecule has 1 unspecified atom stereocenters. The van der Waals surface area contributed by atoms with Gasteiger partial charge in [0, 0.05) is 11.8 Å². The molecular formula is C18H15F2N3O2. The van der Waals surface area contributed by atoms with E-state index in [1.165, 1.54) is 17.0 Å². The van der Waals surface area contributed by atoms with Gasteiger partial charge in [0.1, 0.15) is 6.04 Å². The second-order valence-corrected chi connectivity index (χ2v) is 5.52. The number of carbonyl (C=O) groups is 1. The third-order valence-corrected chi connectivity index (χ3v) is 3.90. The highest BCUT2D eigenvalue weighted by atomic mass is 19.2. The van der Waals surface area contributed by atoms with Crippen molar-refractivity contribution in [2.45, 2.75) is 19.4 Å². The Hall–Kier alpha value is -3.09. The van der Waals surface area contributed by atoms with Crippen molar-refractivity contribution < 1.29 is 13.6 Å². The lowest BCUT2D eigenvalue weighted by Crippen LogP contribution is -2.33. The minimum atomic E-state index is -1.06. The normalized spacial score (nSPS) is 12.1. The standard InChI is InChI=1S/C18H15F2N3O2/c1-2-16(17(24)22-11-7-8-13(19)14(20)9-11)23-10-21-15-6-4-3-5-12(15)18(23)25/h3-10,16H,2H2,1H3,(H,22,24). The average Bonchev–Trinajstić information content (AvgIpc) is 2.61. The number of fused-ring (bicyclic) bond motifs is 1. The van der Waals surface area contributed by atoms with Gasteiger partial charge in [-0.15, -0.1) is 0 Å². The molecule has 1 amide bonds. The zero-order valence-electron chi connectivity index (χ0n) is 13.4. The highest BCUT2D eigenvalue weighted by molar-refractivity contribution is 5.93. The highest BCUT2D eigenvalue weighted by Gasteiger charge is 2.21. The van der Waals surface area contributed by atoms with Crippen molar-refractivity contribution in [3.63, 3.8) is 0 Å². The van der Waals surface area contributed by atoms with Crippen LogP contribution in [0, 0.1) is 11.6 Å². The van der Waals surface area contributed by atoms with Crippen LogP contribution in [0.5, 0.6) is 0 Å². The zero-order valence-corrected chi connectivity index (χ0v) is 13.4. The molecule has 0 aliphatic heterocycles. The summed E-state index contributed by atoms with van der Waals surface area (Å²) in [4.78, 5) is 29.3. The van der Waals surface area contributed by atoms with Gasteiger partial charge in [-0.3, -0.25) is 14.2 Å². The number of amides is 1. The van der Waals surface area contributed by atoms with Crippen molar-refractivity contribution in [2.75, 3.05) is 5.32 Å². The number of nitrogens with zero attached hydrogens (tertiary/aromatic N) is 2. The summed E-state index contributed by atoms with van der Waals surface area (Å²) in [5.41, 5.74) is 0.321. The molecule has 0 saturated heterocycles. The maximum Gasteiger partial charge on any atom is 0.261 e. The fraction of sp³-hybridized carbons (Fsp3) is 0.167. The van der Waals surface area contributed by atoms with Gasteiger partial charge in [-0.05, 0) is 30.7 Å². The molecule has 7 heteroatoms. The summed E-state index contributed by atoms with van der Waals surface area (Å²) in [5, 5.41) is 2.91. The third-order valence-electron chi connectivity index (χ3n) is 3.90. The molecule has 0 bridgehead atoms. The number of rotatable bonds is 4. The molecule has 128 valence electrons. The van der Waals surface area contributed by atoms with Crippen LogP contribution in [-0.2, 0) is 4.79 Å². The van der Waals surface area contributed by atoms with Crippen LogP contribution in [0.3, 0.4) is 0 Å². The fourth-order valence-electron chi connectivity index (χ4n) is 2.61. The molecule has 0 fully saturated rings. The molecule has 0 aliphatic carbocycles. The smallest absolute Gasteiger partial charge is 0.261 e. The van der Waals surface area contributed by atoms with Gasteiger partial charge < -0.3 is 5.32 Å². The number of hydrogen-bond acceptors (Lipinski definition) is 3. The van der Waals surface area contributed by atoms with Gasteiger partial charge in [0.05, 0.1) is 17.2 Å². The molecule has 25 heavy (non-hydrogen) atoms. The first kappa shape index (κ1) is 16.8. The van der Waals surface area contributed by atoms with E-state index in [0.717, 1.165) is 12.1 Å². The van der Waals surface area contributed by atoms with E-state index >= 15 is 0 Å². The van der Waals surface area contributed by atoms with Crippen molar-refractivity contribution in [3.8, 4) is 0 Å². The van der Waals surface area contributed by atoms with Crippen molar-refractivity contribution >= 4 is 22.5 Å². The molecule has 1 heterocycles. The number of hydrogen-bond donors (Lipinski definition) is 1. The monoisotopic (exact) mass is 343 g/mol. The minimum Gasteiger partial charge on any atom is -0.324 e. The molecule has 3 aromatic rings. The predicted octanol–water partition coefficient (Wildman–Crippen LogP) is 3.26. The van der Waals surface area contributed by atoms with E-state index in [-0.39, 0.29) is 11.2 Å². The number of nitrogens with one attached hydrogen (secondary N) is 1. The Kier molecular flexibility index (Phi) is 4.56. The van der Waals surface area contributed by atoms with Gasteiger partial charge in [0.15, 0.2) is 11.6 Å². The lowest BCUT2D eigenvalue weighted by molar-refractivity contribution is -0.119. The molecule has 0 spiro atoms. The van der Waals surface area contributed by atoms with Crippen LogP contribution in [0.1, 0.15) is 19.4 Å². The van der Waals surface area contributed by atoms with Crippen molar-refractivity contribution in [3.05, 3.63) is 70.8 Å². The molecule has 5 nitrogen and oxygen atoms in total. The summed E-state index contributed by atoms with van der Waals surface area (Å²) in [6.45, 7) is 1.75. The Balaban J connectivity index is 1.94. The van der Waals surface area contributed by atoms with E-state index in [4.69, 9.17) is 0 Å². The molecular weight excluding hydrogens is 328 g/mol. The zero-order chi connectivity index (χ0) is 18.0. The first-order valence-electron chi connectivity index (χ1n) is 7.73. The molecule has 1 N–H and O–H groups in total. The van der Waals surface area contributed by atoms with Crippen LogP contribution >= 0.6 is 0 Å². The van der Waals surface area contributed by atoms with Gasteiger partial charge in [-0.25, -0.2) is 13.8 Å². The largest absolute Gasteiger partial charge is 0.324 e. The maximum atomic E-state index is 13.3. The second kappa shape index (κ2) is 6.80. The first-order chi connectivity index (χ1) is 12.0. The van der Waals surface area contributed by atoms with Crippen LogP contribution in [0.2, 0.25) is 0 Å². The molecule has 0 radical (unpaired) electrons. The van der Waals surface area contributed by atoms with Gasteiger partial charge in [0.25, 0.3) is 5.56 Å². The summed E-state index contributed by atoms with van der Waals surface area (Å²) in [6, 6.07) is 9.09. The molecule has 0 aliphatic rings. The van der Waals surface area contributed by atoms with E-state index in [0.29, 0.717) is 17.3 Å². The lowest BCUT2D eigenvalue weighted by Gasteiger charge is -2.18. The quantitative estimate of drug-likeness (QED) is 0.791. The number of para-hydroxylation sites is 1. The van der Waals surface area contributed by atoms with Gasteiger partial charge >= 0.3 is 0 Å². The third kappa shape index (κ3) is 3.26. The fourth-order valence-corrected chi connectivity index (χ4v) is 2.61. The lowest BCUT2D eigenvalue weighted by atomic mass is 10.1. The number of anilines is 1. The molecule has 3 rings (SSSR count). The van der Waals surface area contributed by atoms with E-state index in [9.17, 15) is 18.4 Å². The van der Waals surface area contributed by atoms with E-state index in [1.54, 1.807) is 31.2 Å². The summed E-state index contributed by atoms with van der Waals surface area (Å²) in [5.74, 6) is -2.57. The summed E-state index contributed by atoms with van der Waals surface area (Å²) in [6.07, 6.45) is 1.65. The van der Waals surface area contributed by atoms with E-state index in [1.807, 2.05) is 0 Å². The number of aromatic nitrogens is 2. The van der Waals surface area contributed by atoms with Crippen LogP contribution in [-0.4, -0.2) is 15.5 Å². The van der Waals surface area contributed by atoms with Crippen LogP contribution < -0.4 is 10.9 Å².